The van der Waals surface area contributed by atoms with Crippen molar-refractivity contribution in [1.82, 2.24) is 4.98 Å². The maximum atomic E-state index is 12.2. The van der Waals surface area contributed by atoms with Crippen molar-refractivity contribution in [3.05, 3.63) is 23.5 Å². The molecular weight excluding hydrogens is 185 g/mol. The summed E-state index contributed by atoms with van der Waals surface area (Å²) in [4.78, 5) is 2.31. The molecule has 0 aliphatic heterocycles. The first-order valence-corrected chi connectivity index (χ1v) is 3.57. The molecule has 4 N–H and O–H groups in total. The van der Waals surface area contributed by atoms with Crippen LogP contribution in [0, 0.1) is 0 Å². The van der Waals surface area contributed by atoms with Gasteiger partial charge in [0.25, 0.3) is 0 Å². The number of halogens is 3. The van der Waals surface area contributed by atoms with Crippen LogP contribution in [0.25, 0.3) is 0 Å². The molecule has 0 aliphatic carbocycles. The van der Waals surface area contributed by atoms with Gasteiger partial charge in [0.15, 0.2) is 0 Å². The summed E-state index contributed by atoms with van der Waals surface area (Å²) in [6.45, 7) is -0.513. The Morgan fingerprint density at radius 2 is 2.08 bits per heavy atom. The fourth-order valence-corrected chi connectivity index (χ4v) is 1.03. The Labute approximate surface area is 72.4 Å². The molecule has 0 fully saturated rings. The summed E-state index contributed by atoms with van der Waals surface area (Å²) < 4.78 is 36.7. The first kappa shape index (κ1) is 10.1. The second kappa shape index (κ2) is 3.39. The molecule has 0 unspecified atom stereocenters. The topological polar surface area (TPSA) is 62.0 Å². The van der Waals surface area contributed by atoms with E-state index in [0.717, 1.165) is 12.4 Å². The number of hydrogen-bond donors (Lipinski definition) is 3. The van der Waals surface area contributed by atoms with Crippen LogP contribution < -0.4 is 5.73 Å². The first-order chi connectivity index (χ1) is 5.96. The molecule has 1 aromatic heterocycles. The second-order valence-corrected chi connectivity index (χ2v) is 2.61. The van der Waals surface area contributed by atoms with Crippen molar-refractivity contribution in [1.29, 1.82) is 0 Å². The summed E-state index contributed by atoms with van der Waals surface area (Å²) >= 11 is 0. The lowest BCUT2D eigenvalue weighted by molar-refractivity contribution is -0.138. The standard InChI is InChI=1S/C7H9F3N2O/c8-7(9,10)5-2-12-1-4(5)6(11)3-13/h1-2,6,12-13H,3,11H2/t6-/m1/s1. The van der Waals surface area contributed by atoms with Crippen molar-refractivity contribution in [2.24, 2.45) is 5.73 Å². The van der Waals surface area contributed by atoms with E-state index in [1.807, 2.05) is 0 Å². The van der Waals surface area contributed by atoms with Gasteiger partial charge < -0.3 is 15.8 Å². The Balaban J connectivity index is 3.03. The van der Waals surface area contributed by atoms with Crippen molar-refractivity contribution in [3.8, 4) is 0 Å². The zero-order valence-electron chi connectivity index (χ0n) is 6.60. The SMILES string of the molecule is N[C@H](CO)c1c[nH]cc1C(F)(F)F. The van der Waals surface area contributed by atoms with Crippen LogP contribution in [0.5, 0.6) is 0 Å². The predicted molar refractivity (Wildman–Crippen MR) is 39.8 cm³/mol. The molecule has 0 bridgehead atoms. The maximum Gasteiger partial charge on any atom is 0.418 e. The molecule has 74 valence electrons. The molecule has 1 rings (SSSR count). The van der Waals surface area contributed by atoms with Crippen LogP contribution in [-0.4, -0.2) is 16.7 Å². The summed E-state index contributed by atoms with van der Waals surface area (Å²) in [7, 11) is 0. The summed E-state index contributed by atoms with van der Waals surface area (Å²) in [6.07, 6.45) is -2.46. The lowest BCUT2D eigenvalue weighted by Crippen LogP contribution is -2.18. The molecule has 1 aromatic rings. The molecule has 3 nitrogen and oxygen atoms in total. The van der Waals surface area contributed by atoms with Gasteiger partial charge in [-0.2, -0.15) is 13.2 Å². The Morgan fingerprint density at radius 1 is 1.46 bits per heavy atom. The monoisotopic (exact) mass is 194 g/mol. The highest BCUT2D eigenvalue weighted by molar-refractivity contribution is 5.29. The molecule has 0 saturated heterocycles. The second-order valence-electron chi connectivity index (χ2n) is 2.61. The summed E-state index contributed by atoms with van der Waals surface area (Å²) in [5, 5.41) is 8.59. The summed E-state index contributed by atoms with van der Waals surface area (Å²) in [5.74, 6) is 0. The Bertz CT molecular complexity index is 282. The van der Waals surface area contributed by atoms with Gasteiger partial charge in [-0.05, 0) is 0 Å². The van der Waals surface area contributed by atoms with Crippen LogP contribution in [0.1, 0.15) is 17.2 Å². The Morgan fingerprint density at radius 3 is 2.54 bits per heavy atom. The molecule has 0 saturated carbocycles. The van der Waals surface area contributed by atoms with Crippen molar-refractivity contribution < 1.29 is 18.3 Å². The zero-order valence-corrected chi connectivity index (χ0v) is 6.60. The van der Waals surface area contributed by atoms with Crippen LogP contribution in [0.4, 0.5) is 13.2 Å². The van der Waals surface area contributed by atoms with E-state index < -0.39 is 24.4 Å². The van der Waals surface area contributed by atoms with Crippen LogP contribution >= 0.6 is 0 Å². The van der Waals surface area contributed by atoms with Crippen LogP contribution in [0.2, 0.25) is 0 Å². The molecule has 0 aliphatic rings. The Kier molecular flexibility index (Phi) is 2.63. The third-order valence-corrected chi connectivity index (χ3v) is 1.68. The molecule has 6 heteroatoms. The normalized spacial score (nSPS) is 14.5. The van der Waals surface area contributed by atoms with Gasteiger partial charge in [0.1, 0.15) is 0 Å². The van der Waals surface area contributed by atoms with Crippen molar-refractivity contribution in [3.63, 3.8) is 0 Å². The third kappa shape index (κ3) is 2.02. The largest absolute Gasteiger partial charge is 0.418 e. The lowest BCUT2D eigenvalue weighted by Gasteiger charge is -2.11. The minimum Gasteiger partial charge on any atom is -0.394 e. The number of aliphatic hydroxyl groups is 1. The van der Waals surface area contributed by atoms with Gasteiger partial charge in [-0.1, -0.05) is 0 Å². The minimum atomic E-state index is -4.43. The summed E-state index contributed by atoms with van der Waals surface area (Å²) in [6, 6.07) is -0.997. The third-order valence-electron chi connectivity index (χ3n) is 1.68. The molecule has 1 heterocycles. The zero-order chi connectivity index (χ0) is 10.1. The maximum absolute atomic E-state index is 12.2. The summed E-state index contributed by atoms with van der Waals surface area (Å²) in [5.41, 5.74) is 4.33. The fraction of sp³-hybridized carbons (Fsp3) is 0.429. The van der Waals surface area contributed by atoms with E-state index in [4.69, 9.17) is 10.8 Å². The van der Waals surface area contributed by atoms with Gasteiger partial charge in [0, 0.05) is 18.0 Å². The number of H-pyrrole nitrogens is 1. The average Bonchev–Trinajstić information content (AvgIpc) is 2.49. The van der Waals surface area contributed by atoms with Gasteiger partial charge in [0.05, 0.1) is 18.2 Å². The molecule has 0 spiro atoms. The van der Waals surface area contributed by atoms with E-state index in [2.05, 4.69) is 4.98 Å². The van der Waals surface area contributed by atoms with Crippen LogP contribution in [0.3, 0.4) is 0 Å². The van der Waals surface area contributed by atoms with Gasteiger partial charge in [0.2, 0.25) is 0 Å². The van der Waals surface area contributed by atoms with E-state index in [-0.39, 0.29) is 5.56 Å². The minimum absolute atomic E-state index is 0.116. The van der Waals surface area contributed by atoms with E-state index >= 15 is 0 Å². The molecule has 1 atom stereocenters. The molecule has 13 heavy (non-hydrogen) atoms. The van der Waals surface area contributed by atoms with E-state index in [1.54, 1.807) is 0 Å². The number of nitrogens with one attached hydrogen (secondary N) is 1. The van der Waals surface area contributed by atoms with E-state index in [0.29, 0.717) is 0 Å². The molecule has 0 aromatic carbocycles. The molecule has 0 amide bonds. The van der Waals surface area contributed by atoms with Gasteiger partial charge >= 0.3 is 6.18 Å². The number of aromatic nitrogens is 1. The van der Waals surface area contributed by atoms with Gasteiger partial charge in [-0.15, -0.1) is 0 Å². The highest BCUT2D eigenvalue weighted by Gasteiger charge is 2.35. The van der Waals surface area contributed by atoms with E-state index in [9.17, 15) is 13.2 Å². The highest BCUT2D eigenvalue weighted by atomic mass is 19.4. The van der Waals surface area contributed by atoms with E-state index in [1.165, 1.54) is 0 Å². The van der Waals surface area contributed by atoms with Gasteiger partial charge in [-0.3, -0.25) is 0 Å². The van der Waals surface area contributed by atoms with Crippen molar-refractivity contribution in [2.75, 3.05) is 6.61 Å². The molecule has 0 radical (unpaired) electrons. The van der Waals surface area contributed by atoms with Crippen LogP contribution in [-0.2, 0) is 6.18 Å². The number of alkyl halides is 3. The number of hydrogen-bond acceptors (Lipinski definition) is 2. The first-order valence-electron chi connectivity index (χ1n) is 3.57. The molecular formula is C7H9F3N2O. The van der Waals surface area contributed by atoms with Crippen molar-refractivity contribution >= 4 is 0 Å². The fourth-order valence-electron chi connectivity index (χ4n) is 1.03. The quantitative estimate of drug-likeness (QED) is 0.658. The number of aliphatic hydroxyl groups excluding tert-OH is 1. The predicted octanol–water partition coefficient (Wildman–Crippen LogP) is 1.03. The number of rotatable bonds is 2. The smallest absolute Gasteiger partial charge is 0.394 e. The average molecular weight is 194 g/mol. The Hall–Kier alpha value is -1.01. The number of nitrogens with two attached hydrogens (primary N) is 1. The lowest BCUT2D eigenvalue weighted by atomic mass is 10.1. The van der Waals surface area contributed by atoms with Gasteiger partial charge in [-0.25, -0.2) is 0 Å². The van der Waals surface area contributed by atoms with Crippen LogP contribution in [0.15, 0.2) is 12.4 Å². The number of aromatic amines is 1. The highest BCUT2D eigenvalue weighted by Crippen LogP contribution is 2.33. The van der Waals surface area contributed by atoms with Crippen molar-refractivity contribution in [2.45, 2.75) is 12.2 Å².